The number of anilines is 1. The molecule has 35 heavy (non-hydrogen) atoms. The first-order valence-corrected chi connectivity index (χ1v) is 12.7. The number of hydrogen-bond acceptors (Lipinski definition) is 5. The monoisotopic (exact) mass is 505 g/mol. The summed E-state index contributed by atoms with van der Waals surface area (Å²) in [5, 5.41) is 6.28. The molecule has 1 unspecified atom stereocenters. The molecule has 1 aromatic heterocycles. The number of sulfonamides is 1. The summed E-state index contributed by atoms with van der Waals surface area (Å²) in [6.45, 7) is 0. The summed E-state index contributed by atoms with van der Waals surface area (Å²) in [6.07, 6.45) is 1.86. The van der Waals surface area contributed by atoms with Crippen molar-refractivity contribution < 1.29 is 17.6 Å². The Morgan fingerprint density at radius 2 is 1.66 bits per heavy atom. The highest BCUT2D eigenvalue weighted by Gasteiger charge is 2.36. The third kappa shape index (κ3) is 4.58. The predicted octanol–water partition coefficient (Wildman–Crippen LogP) is 5.73. The largest absolute Gasteiger partial charge is 0.467 e. The maximum atomic E-state index is 13.4. The summed E-state index contributed by atoms with van der Waals surface area (Å²) in [5.41, 5.74) is 1.78. The highest BCUT2D eigenvalue weighted by molar-refractivity contribution is 7.92. The van der Waals surface area contributed by atoms with E-state index >= 15 is 0 Å². The second-order valence-corrected chi connectivity index (χ2v) is 9.97. The topological polar surface area (TPSA) is 92.0 Å². The molecule has 0 saturated carbocycles. The highest BCUT2D eigenvalue weighted by Crippen LogP contribution is 2.36. The summed E-state index contributed by atoms with van der Waals surface area (Å²) in [6, 6.07) is 24.8. The second-order valence-electron chi connectivity index (χ2n) is 7.88. The Morgan fingerprint density at radius 3 is 2.40 bits per heavy atom. The van der Waals surface area contributed by atoms with Crippen LogP contribution >= 0.6 is 11.6 Å². The van der Waals surface area contributed by atoms with Gasteiger partial charge in [-0.2, -0.15) is 5.10 Å². The normalized spacial score (nSPS) is 15.6. The number of para-hydroxylation sites is 1. The fraction of sp³-hybridized carbons (Fsp3) is 0.0769. The molecule has 0 spiro atoms. The fourth-order valence-electron chi connectivity index (χ4n) is 3.95. The number of carbonyl (C=O) groups excluding carboxylic acids is 1. The first kappa shape index (κ1) is 22.9. The number of hydrazone groups is 1. The highest BCUT2D eigenvalue weighted by atomic mass is 35.5. The molecule has 1 aliphatic heterocycles. The SMILES string of the molecule is O=C(c1ccccc1Cl)N1N=C(c2ccccc2NS(=O)(=O)c2ccccc2)CC1c1ccco1. The summed E-state index contributed by atoms with van der Waals surface area (Å²) in [7, 11) is -3.82. The van der Waals surface area contributed by atoms with Crippen molar-refractivity contribution in [3.8, 4) is 0 Å². The smallest absolute Gasteiger partial charge is 0.276 e. The van der Waals surface area contributed by atoms with Gasteiger partial charge in [-0.15, -0.1) is 0 Å². The van der Waals surface area contributed by atoms with Crippen LogP contribution in [0.5, 0.6) is 0 Å². The van der Waals surface area contributed by atoms with E-state index in [9.17, 15) is 13.2 Å². The number of nitrogens with one attached hydrogen (secondary N) is 1. The minimum Gasteiger partial charge on any atom is -0.467 e. The van der Waals surface area contributed by atoms with Gasteiger partial charge in [0.1, 0.15) is 11.8 Å². The van der Waals surface area contributed by atoms with Crippen molar-refractivity contribution in [3.05, 3.63) is 119 Å². The molecule has 176 valence electrons. The lowest BCUT2D eigenvalue weighted by Crippen LogP contribution is -2.27. The summed E-state index contributed by atoms with van der Waals surface area (Å²) < 4.78 is 34.2. The molecule has 9 heteroatoms. The Kier molecular flexibility index (Phi) is 6.15. The van der Waals surface area contributed by atoms with Gasteiger partial charge in [0.2, 0.25) is 0 Å². The van der Waals surface area contributed by atoms with E-state index in [2.05, 4.69) is 9.82 Å². The van der Waals surface area contributed by atoms with Crippen molar-refractivity contribution in [1.82, 2.24) is 5.01 Å². The van der Waals surface area contributed by atoms with Crippen molar-refractivity contribution in [3.63, 3.8) is 0 Å². The van der Waals surface area contributed by atoms with Crippen LogP contribution in [0.25, 0.3) is 0 Å². The lowest BCUT2D eigenvalue weighted by atomic mass is 10.0. The molecule has 1 N–H and O–H groups in total. The Bertz CT molecular complexity index is 1500. The number of furan rings is 1. The van der Waals surface area contributed by atoms with Gasteiger partial charge in [-0.1, -0.05) is 60.1 Å². The van der Waals surface area contributed by atoms with Crippen molar-refractivity contribution in [2.75, 3.05) is 4.72 Å². The van der Waals surface area contributed by atoms with Crippen molar-refractivity contribution >= 4 is 38.9 Å². The van der Waals surface area contributed by atoms with Crippen LogP contribution in [0, 0.1) is 0 Å². The summed E-state index contributed by atoms with van der Waals surface area (Å²) in [4.78, 5) is 13.6. The number of hydrogen-bond donors (Lipinski definition) is 1. The fourth-order valence-corrected chi connectivity index (χ4v) is 5.27. The van der Waals surface area contributed by atoms with E-state index in [-0.39, 0.29) is 10.8 Å². The van der Waals surface area contributed by atoms with Crippen LogP contribution < -0.4 is 4.72 Å². The van der Waals surface area contributed by atoms with E-state index in [4.69, 9.17) is 16.0 Å². The first-order valence-electron chi connectivity index (χ1n) is 10.8. The number of benzene rings is 3. The second kappa shape index (κ2) is 9.40. The molecule has 1 aliphatic rings. The van der Waals surface area contributed by atoms with E-state index in [1.165, 1.54) is 23.4 Å². The molecule has 0 radical (unpaired) electrons. The quantitative estimate of drug-likeness (QED) is 0.362. The van der Waals surface area contributed by atoms with Gasteiger partial charge in [0, 0.05) is 12.0 Å². The van der Waals surface area contributed by atoms with Crippen LogP contribution in [-0.4, -0.2) is 25.0 Å². The van der Waals surface area contributed by atoms with Crippen molar-refractivity contribution in [2.24, 2.45) is 5.10 Å². The molecule has 1 atom stereocenters. The van der Waals surface area contributed by atoms with E-state index < -0.39 is 16.1 Å². The lowest BCUT2D eigenvalue weighted by molar-refractivity contribution is 0.0693. The molecule has 2 heterocycles. The van der Waals surface area contributed by atoms with Gasteiger partial charge >= 0.3 is 0 Å². The Morgan fingerprint density at radius 1 is 0.943 bits per heavy atom. The number of nitrogens with zero attached hydrogens (tertiary/aromatic N) is 2. The average molecular weight is 506 g/mol. The minimum absolute atomic E-state index is 0.146. The molecule has 1 amide bonds. The maximum absolute atomic E-state index is 13.4. The lowest BCUT2D eigenvalue weighted by Gasteiger charge is -2.20. The van der Waals surface area contributed by atoms with Gasteiger partial charge in [0.15, 0.2) is 0 Å². The van der Waals surface area contributed by atoms with Crippen LogP contribution in [0.2, 0.25) is 5.02 Å². The molecule has 0 saturated heterocycles. The molecular formula is C26H20ClN3O4S. The Hall–Kier alpha value is -3.88. The third-order valence-electron chi connectivity index (χ3n) is 5.63. The van der Waals surface area contributed by atoms with Crippen LogP contribution in [0.1, 0.15) is 34.1 Å². The zero-order chi connectivity index (χ0) is 24.4. The maximum Gasteiger partial charge on any atom is 0.276 e. The Balaban J connectivity index is 1.53. The standard InChI is InChI=1S/C26H20ClN3O4S/c27-21-13-6-4-11-19(21)26(31)30-24(25-15-8-16-34-25)17-23(28-30)20-12-5-7-14-22(20)29-35(32,33)18-9-2-1-3-10-18/h1-16,24,29H,17H2. The van der Waals surface area contributed by atoms with Gasteiger partial charge in [-0.25, -0.2) is 13.4 Å². The minimum atomic E-state index is -3.82. The van der Waals surface area contributed by atoms with E-state index in [1.807, 2.05) is 0 Å². The van der Waals surface area contributed by atoms with Gasteiger partial charge in [-0.05, 0) is 42.5 Å². The Labute approximate surface area is 207 Å². The number of halogens is 1. The predicted molar refractivity (Wildman–Crippen MR) is 134 cm³/mol. The van der Waals surface area contributed by atoms with E-state index in [0.717, 1.165) is 0 Å². The van der Waals surface area contributed by atoms with Gasteiger partial charge in [0.25, 0.3) is 15.9 Å². The van der Waals surface area contributed by atoms with Crippen LogP contribution in [0.4, 0.5) is 5.69 Å². The number of amides is 1. The molecule has 3 aromatic carbocycles. The average Bonchev–Trinajstić information content (AvgIpc) is 3.55. The van der Waals surface area contributed by atoms with Gasteiger partial charge in [0.05, 0.1) is 33.1 Å². The summed E-state index contributed by atoms with van der Waals surface area (Å²) >= 11 is 6.28. The van der Waals surface area contributed by atoms with Gasteiger partial charge < -0.3 is 4.42 Å². The molecule has 0 fully saturated rings. The summed E-state index contributed by atoms with van der Waals surface area (Å²) in [5.74, 6) is 0.181. The number of carbonyl (C=O) groups is 1. The molecule has 4 aromatic rings. The zero-order valence-corrected chi connectivity index (χ0v) is 19.9. The molecule has 7 nitrogen and oxygen atoms in total. The van der Waals surface area contributed by atoms with Crippen molar-refractivity contribution in [2.45, 2.75) is 17.4 Å². The van der Waals surface area contributed by atoms with Crippen LogP contribution in [0.3, 0.4) is 0 Å². The molecule has 0 bridgehead atoms. The van der Waals surface area contributed by atoms with Crippen LogP contribution in [-0.2, 0) is 10.0 Å². The van der Waals surface area contributed by atoms with E-state index in [1.54, 1.807) is 78.9 Å². The van der Waals surface area contributed by atoms with Gasteiger partial charge in [-0.3, -0.25) is 9.52 Å². The number of rotatable bonds is 6. The molecule has 5 rings (SSSR count). The van der Waals surface area contributed by atoms with Crippen LogP contribution in [0.15, 0.2) is 112 Å². The molecular weight excluding hydrogens is 486 g/mol. The van der Waals surface area contributed by atoms with E-state index in [0.29, 0.717) is 39.7 Å². The van der Waals surface area contributed by atoms with Crippen molar-refractivity contribution in [1.29, 1.82) is 0 Å². The first-order chi connectivity index (χ1) is 16.9. The molecule has 0 aliphatic carbocycles. The third-order valence-corrected chi connectivity index (χ3v) is 7.34. The zero-order valence-electron chi connectivity index (χ0n) is 18.3.